The first kappa shape index (κ1) is 18.2. The summed E-state index contributed by atoms with van der Waals surface area (Å²) in [5.41, 5.74) is -2.77. The summed E-state index contributed by atoms with van der Waals surface area (Å²) in [7, 11) is 31.6. The minimum Gasteiger partial charge on any atom is -0.399 e. The molecule has 13 heteroatoms. The predicted molar refractivity (Wildman–Crippen MR) is 108 cm³/mol. The van der Waals surface area contributed by atoms with E-state index in [0.29, 0.717) is 11.3 Å². The summed E-state index contributed by atoms with van der Waals surface area (Å²) in [6, 6.07) is 1.86. The van der Waals surface area contributed by atoms with Crippen LogP contribution in [0.4, 0.5) is 0 Å². The summed E-state index contributed by atoms with van der Waals surface area (Å²) in [5.74, 6) is 0. The van der Waals surface area contributed by atoms with Crippen molar-refractivity contribution < 1.29 is 10.2 Å². The maximum absolute atomic E-state index is 10.8. The molecule has 1 aliphatic heterocycles. The number of H-pyrrole nitrogens is 1. The molecule has 4 atom stereocenters. The lowest BCUT2D eigenvalue weighted by Crippen LogP contribution is -2.62. The zero-order chi connectivity index (χ0) is 20.2. The Morgan fingerprint density at radius 2 is 1.86 bits per heavy atom. The standard InChI is InChI=1S/C15H10B6N5O2/c16-12(17)13(18)11(21-13,14(19,27)15(12,20)28)5-26-4-7(3-25-26)9-8-1-2-22-10(8)24-6-23-9/h1-4,6,27-28H,5H2,(H,22,23,24). The number of aromatic amines is 1. The molecule has 28 heavy (non-hydrogen) atoms. The van der Waals surface area contributed by atoms with E-state index in [9.17, 15) is 10.2 Å². The minimum atomic E-state index is -2.51. The van der Waals surface area contributed by atoms with Gasteiger partial charge < -0.3 is 15.2 Å². The molecule has 4 unspecified atom stereocenters. The van der Waals surface area contributed by atoms with Crippen molar-refractivity contribution in [1.82, 2.24) is 24.7 Å². The summed E-state index contributed by atoms with van der Waals surface area (Å²) in [6.45, 7) is 0.00746. The molecule has 5 rings (SSSR count). The fraction of sp³-hybridized carbons (Fsp3) is 0.400. The summed E-state index contributed by atoms with van der Waals surface area (Å²) in [6.07, 6.45) is 6.55. The Bertz CT molecular complexity index is 1110. The van der Waals surface area contributed by atoms with Crippen LogP contribution in [0.5, 0.6) is 0 Å². The van der Waals surface area contributed by atoms with E-state index in [1.807, 2.05) is 6.07 Å². The summed E-state index contributed by atoms with van der Waals surface area (Å²) >= 11 is 0. The largest absolute Gasteiger partial charge is 0.399 e. The molecule has 7 nitrogen and oxygen atoms in total. The molecular weight excluding hydrogens is 347 g/mol. The number of nitrogens with one attached hydrogen (secondary N) is 1. The van der Waals surface area contributed by atoms with Gasteiger partial charge in [-0.25, -0.2) is 9.97 Å². The number of hydrogen-bond donors (Lipinski definition) is 3. The quantitative estimate of drug-likeness (QED) is 0.479. The first-order chi connectivity index (χ1) is 13.0. The van der Waals surface area contributed by atoms with Gasteiger partial charge in [0.1, 0.15) is 34.9 Å². The van der Waals surface area contributed by atoms with E-state index in [2.05, 4.69) is 20.1 Å². The predicted octanol–water partition coefficient (Wildman–Crippen LogP) is -1.84. The smallest absolute Gasteiger partial charge is 0.141 e. The molecule has 0 spiro atoms. The lowest BCUT2D eigenvalue weighted by atomic mass is 9.28. The maximum atomic E-state index is 10.8. The zero-order valence-corrected chi connectivity index (χ0v) is 14.7. The highest BCUT2D eigenvalue weighted by Gasteiger charge is 2.86. The molecule has 1 saturated heterocycles. The molecule has 2 fully saturated rings. The van der Waals surface area contributed by atoms with Crippen LogP contribution in [-0.2, 0) is 6.54 Å². The van der Waals surface area contributed by atoms with Gasteiger partial charge in [-0.05, 0) is 11.4 Å². The molecule has 3 N–H and O–H groups in total. The molecule has 0 amide bonds. The van der Waals surface area contributed by atoms with Crippen molar-refractivity contribution in [3.05, 3.63) is 31.0 Å². The Morgan fingerprint density at radius 3 is 2.54 bits per heavy atom. The lowest BCUT2D eigenvalue weighted by Gasteiger charge is -2.49. The lowest BCUT2D eigenvalue weighted by molar-refractivity contribution is -0.0443. The number of fused-ring (bicyclic) bond motifs is 2. The Hall–Kier alpha value is -1.86. The number of hydrogen-bond acceptors (Lipinski definition) is 5. The maximum Gasteiger partial charge on any atom is 0.141 e. The van der Waals surface area contributed by atoms with E-state index in [1.54, 1.807) is 18.6 Å². The Kier molecular flexibility index (Phi) is 3.25. The monoisotopic (exact) mass is 358 g/mol. The van der Waals surface area contributed by atoms with E-state index < -0.39 is 26.7 Å². The summed E-state index contributed by atoms with van der Waals surface area (Å²) in [4.78, 5) is 11.5. The second-order valence-electron chi connectivity index (χ2n) is 7.78. The van der Waals surface area contributed by atoms with E-state index in [1.165, 1.54) is 18.3 Å². The number of aliphatic hydroxyl groups is 2. The van der Waals surface area contributed by atoms with Gasteiger partial charge in [-0.15, -0.1) is 0 Å². The average Bonchev–Trinajstić information content (AvgIpc) is 3.00. The normalized spacial score (nSPS) is 38.2. The van der Waals surface area contributed by atoms with Crippen molar-refractivity contribution in [2.24, 2.45) is 0 Å². The molecule has 125 valence electrons. The van der Waals surface area contributed by atoms with Gasteiger partial charge in [-0.3, -0.25) is 4.68 Å². The molecule has 11 radical (unpaired) electrons. The fourth-order valence-electron chi connectivity index (χ4n) is 4.46. The van der Waals surface area contributed by atoms with Crippen LogP contribution in [-0.4, -0.2) is 92.5 Å². The zero-order valence-electron chi connectivity index (χ0n) is 14.7. The SMILES string of the molecule is [B]C1([B])C([B])(O)C([B])(O)C2(Cn3cc(-c4ncnc5[nH]ccc45)cn3)[B]C12[B]. The molecule has 1 aliphatic carbocycles. The number of nitrogens with zero attached hydrogens (tertiary/aromatic N) is 4. The van der Waals surface area contributed by atoms with Crippen LogP contribution in [0.1, 0.15) is 0 Å². The highest BCUT2D eigenvalue weighted by molar-refractivity contribution is 6.81. The third kappa shape index (κ3) is 1.78. The van der Waals surface area contributed by atoms with Crippen molar-refractivity contribution in [3.63, 3.8) is 0 Å². The van der Waals surface area contributed by atoms with Gasteiger partial charge in [-0.1, -0.05) is 10.4 Å². The third-order valence-corrected chi connectivity index (χ3v) is 6.38. The van der Waals surface area contributed by atoms with Crippen LogP contribution in [0, 0.1) is 0 Å². The molecule has 0 aromatic carbocycles. The van der Waals surface area contributed by atoms with Gasteiger partial charge in [-0.2, -0.15) is 5.10 Å². The second kappa shape index (κ2) is 5.00. The molecular formula is C15H10B6N5O2. The van der Waals surface area contributed by atoms with Gasteiger partial charge in [0.15, 0.2) is 0 Å². The van der Waals surface area contributed by atoms with E-state index in [0.717, 1.165) is 10.9 Å². The summed E-state index contributed by atoms with van der Waals surface area (Å²) < 4.78 is 1.52. The molecule has 1 saturated carbocycles. The summed E-state index contributed by atoms with van der Waals surface area (Å²) in [5, 5.41) is 21.6. The highest BCUT2D eigenvalue weighted by atomic mass is 16.4. The Labute approximate surface area is 168 Å². The van der Waals surface area contributed by atoms with Crippen LogP contribution < -0.4 is 0 Å². The molecule has 3 aromatic rings. The van der Waals surface area contributed by atoms with Crippen LogP contribution in [0.3, 0.4) is 0 Å². The van der Waals surface area contributed by atoms with Crippen molar-refractivity contribution in [2.75, 3.05) is 0 Å². The van der Waals surface area contributed by atoms with Crippen molar-refractivity contribution >= 4 is 57.5 Å². The Morgan fingerprint density at radius 1 is 1.11 bits per heavy atom. The number of rotatable bonds is 3. The third-order valence-electron chi connectivity index (χ3n) is 6.38. The topological polar surface area (TPSA) is 99.9 Å². The molecule has 0 bridgehead atoms. The highest BCUT2D eigenvalue weighted by Crippen LogP contribution is 2.89. The first-order valence-electron chi connectivity index (χ1n) is 8.56. The van der Waals surface area contributed by atoms with Crippen LogP contribution in [0.15, 0.2) is 31.0 Å². The molecule has 2 aliphatic rings. The van der Waals surface area contributed by atoms with Crippen molar-refractivity contribution in [3.8, 4) is 11.3 Å². The minimum absolute atomic E-state index is 0.00746. The Balaban J connectivity index is 1.53. The first-order valence-corrected chi connectivity index (χ1v) is 8.56. The van der Waals surface area contributed by atoms with Crippen LogP contribution in [0.2, 0.25) is 15.7 Å². The van der Waals surface area contributed by atoms with E-state index >= 15 is 0 Å². The van der Waals surface area contributed by atoms with Gasteiger partial charge in [0.05, 0.1) is 35.4 Å². The van der Waals surface area contributed by atoms with Crippen LogP contribution >= 0.6 is 0 Å². The fourth-order valence-corrected chi connectivity index (χ4v) is 4.46. The van der Waals surface area contributed by atoms with Gasteiger partial charge in [0.2, 0.25) is 0 Å². The van der Waals surface area contributed by atoms with E-state index in [4.69, 9.17) is 39.2 Å². The van der Waals surface area contributed by atoms with Crippen molar-refractivity contribution in [1.29, 1.82) is 0 Å². The van der Waals surface area contributed by atoms with E-state index in [-0.39, 0.29) is 6.54 Å². The van der Waals surface area contributed by atoms with Crippen molar-refractivity contribution in [2.45, 2.75) is 33.3 Å². The molecule has 4 heterocycles. The van der Waals surface area contributed by atoms with Gasteiger partial charge >= 0.3 is 0 Å². The number of aromatic nitrogens is 5. The van der Waals surface area contributed by atoms with Crippen LogP contribution in [0.25, 0.3) is 22.3 Å². The second-order valence-corrected chi connectivity index (χ2v) is 7.78. The van der Waals surface area contributed by atoms with Gasteiger partial charge in [0, 0.05) is 40.9 Å². The average molecular weight is 357 g/mol. The molecule has 3 aromatic heterocycles. The van der Waals surface area contributed by atoms with Gasteiger partial charge in [0.25, 0.3) is 0 Å².